The molecule has 1 aliphatic rings. The second-order valence-corrected chi connectivity index (χ2v) is 32.4. The third-order valence-corrected chi connectivity index (χ3v) is 11.0. The van der Waals surface area contributed by atoms with Crippen LogP contribution in [0, 0.1) is 11.5 Å². The van der Waals surface area contributed by atoms with Gasteiger partial charge in [-0.05, 0) is 11.6 Å². The highest BCUT2D eigenvalue weighted by Crippen LogP contribution is 2.46. The summed E-state index contributed by atoms with van der Waals surface area (Å²) in [5.74, 6) is 3.77. The van der Waals surface area contributed by atoms with Crippen molar-refractivity contribution >= 4 is 32.3 Å². The van der Waals surface area contributed by atoms with E-state index in [4.69, 9.17) is 0 Å². The lowest BCUT2D eigenvalue weighted by Crippen LogP contribution is -2.28. The van der Waals surface area contributed by atoms with Gasteiger partial charge in [0.2, 0.25) is 0 Å². The van der Waals surface area contributed by atoms with Gasteiger partial charge in [-0.1, -0.05) is 95.8 Å². The van der Waals surface area contributed by atoms with Crippen LogP contribution in [0.2, 0.25) is 90.1 Å². The fourth-order valence-electron chi connectivity index (χ4n) is 3.20. The summed E-state index contributed by atoms with van der Waals surface area (Å²) in [6.45, 7) is 29.7. The molecular formula is C20H40Si4. The zero-order valence-corrected chi connectivity index (χ0v) is 22.4. The van der Waals surface area contributed by atoms with E-state index in [1.807, 2.05) is 0 Å². The van der Waals surface area contributed by atoms with Gasteiger partial charge in [0.05, 0.1) is 16.1 Å². The summed E-state index contributed by atoms with van der Waals surface area (Å²) in [5.41, 5.74) is 7.56. The van der Waals surface area contributed by atoms with Gasteiger partial charge in [0.25, 0.3) is 0 Å². The predicted molar refractivity (Wildman–Crippen MR) is 125 cm³/mol. The summed E-state index contributed by atoms with van der Waals surface area (Å²) in [4.78, 5) is 0. The Bertz CT molecular complexity index is 600. The Morgan fingerprint density at radius 2 is 1.33 bits per heavy atom. The molecule has 24 heavy (non-hydrogen) atoms. The van der Waals surface area contributed by atoms with E-state index >= 15 is 0 Å². The number of hydrogen-bond donors (Lipinski definition) is 0. The summed E-state index contributed by atoms with van der Waals surface area (Å²) in [7, 11) is -5.15. The largest absolute Gasteiger partial charge is 0.129 e. The van der Waals surface area contributed by atoms with Gasteiger partial charge in [0.15, 0.2) is 0 Å². The van der Waals surface area contributed by atoms with Crippen LogP contribution in [0.15, 0.2) is 22.4 Å². The summed E-state index contributed by atoms with van der Waals surface area (Å²) in [6, 6.07) is 1.31. The summed E-state index contributed by atoms with van der Waals surface area (Å²) in [6.07, 6.45) is 2.68. The molecule has 0 spiro atoms. The number of allylic oxidation sites excluding steroid dienone is 4. The van der Waals surface area contributed by atoms with Gasteiger partial charge in [-0.2, -0.15) is 0 Å². The summed E-state index contributed by atoms with van der Waals surface area (Å²) >= 11 is 0. The average molecular weight is 393 g/mol. The first kappa shape index (κ1) is 21.9. The van der Waals surface area contributed by atoms with Gasteiger partial charge in [-0.15, -0.1) is 5.54 Å². The van der Waals surface area contributed by atoms with Gasteiger partial charge in [0, 0.05) is 19.2 Å². The SMILES string of the molecule is C[Si](C)(C)C#CC1=C(C[Si](C)(C)C)C([Si](C)(C)C)=CC1[Si](C)(C)C. The van der Waals surface area contributed by atoms with Crippen LogP contribution in [0.25, 0.3) is 0 Å². The van der Waals surface area contributed by atoms with Crippen LogP contribution >= 0.6 is 0 Å². The van der Waals surface area contributed by atoms with Crippen LogP contribution in [-0.2, 0) is 0 Å². The number of rotatable bonds is 4. The van der Waals surface area contributed by atoms with E-state index in [0.717, 1.165) is 0 Å². The van der Waals surface area contributed by atoms with Crippen LogP contribution in [0.4, 0.5) is 0 Å². The first-order valence-electron chi connectivity index (χ1n) is 9.41. The van der Waals surface area contributed by atoms with Crippen molar-refractivity contribution in [3.8, 4) is 11.5 Å². The lowest BCUT2D eigenvalue weighted by Gasteiger charge is -2.26. The van der Waals surface area contributed by atoms with Crippen molar-refractivity contribution in [1.29, 1.82) is 0 Å². The van der Waals surface area contributed by atoms with Crippen molar-refractivity contribution in [3.63, 3.8) is 0 Å². The summed E-state index contributed by atoms with van der Waals surface area (Å²) in [5, 5.41) is 1.73. The minimum absolute atomic E-state index is 0.634. The lowest BCUT2D eigenvalue weighted by atomic mass is 10.2. The van der Waals surface area contributed by atoms with Crippen LogP contribution in [0.5, 0.6) is 0 Å². The molecule has 0 N–H and O–H groups in total. The normalized spacial score (nSPS) is 20.0. The fourth-order valence-corrected chi connectivity index (χ4v) is 9.07. The molecule has 0 heterocycles. The van der Waals surface area contributed by atoms with Crippen molar-refractivity contribution in [1.82, 2.24) is 0 Å². The molecule has 4 heteroatoms. The third kappa shape index (κ3) is 6.33. The second-order valence-electron chi connectivity index (χ2n) is 11.8. The molecule has 0 nitrogen and oxygen atoms in total. The molecule has 1 unspecified atom stereocenters. The molecule has 0 saturated carbocycles. The maximum Gasteiger partial charge on any atom is 0.129 e. The van der Waals surface area contributed by atoms with E-state index < -0.39 is 32.3 Å². The van der Waals surface area contributed by atoms with Gasteiger partial charge in [-0.3, -0.25) is 0 Å². The standard InChI is InChI=1S/C20H40Si4/c1-21(2,3)14-13-17-18(16-22(4,5)6)20(24(10,11)12)15-19(17)23(7,8)9/h15,19H,16H2,1-12H3. The highest BCUT2D eigenvalue weighted by molar-refractivity contribution is 6.86. The molecule has 1 rings (SSSR count). The summed E-state index contributed by atoms with van der Waals surface area (Å²) < 4.78 is 0. The second kappa shape index (κ2) is 6.90. The van der Waals surface area contributed by atoms with Gasteiger partial charge < -0.3 is 0 Å². The van der Waals surface area contributed by atoms with Crippen LogP contribution in [0.3, 0.4) is 0 Å². The Morgan fingerprint density at radius 1 is 0.833 bits per heavy atom. The van der Waals surface area contributed by atoms with E-state index in [9.17, 15) is 0 Å². The van der Waals surface area contributed by atoms with Crippen molar-refractivity contribution in [2.24, 2.45) is 0 Å². The predicted octanol–water partition coefficient (Wildman–Crippen LogP) is 7.03. The smallest absolute Gasteiger partial charge is 0.127 e. The molecule has 0 aliphatic heterocycles. The van der Waals surface area contributed by atoms with Gasteiger partial charge >= 0.3 is 0 Å². The Hall–Kier alpha value is -0.0925. The average Bonchev–Trinajstić information content (AvgIpc) is 2.60. The highest BCUT2D eigenvalue weighted by atomic mass is 28.3. The minimum atomic E-state index is -1.35. The molecule has 1 atom stereocenters. The molecule has 1 aliphatic carbocycles. The molecule has 0 aromatic heterocycles. The Labute approximate surface area is 156 Å². The molecular weight excluding hydrogens is 353 g/mol. The lowest BCUT2D eigenvalue weighted by molar-refractivity contribution is 1.21. The zero-order chi connectivity index (χ0) is 19.1. The maximum atomic E-state index is 3.77. The van der Waals surface area contributed by atoms with Gasteiger partial charge in [-0.25, -0.2) is 0 Å². The van der Waals surface area contributed by atoms with Crippen molar-refractivity contribution in [3.05, 3.63) is 22.4 Å². The Balaban J connectivity index is 3.62. The Morgan fingerprint density at radius 3 is 1.67 bits per heavy atom. The molecule has 0 radical (unpaired) electrons. The van der Waals surface area contributed by atoms with E-state index in [1.54, 1.807) is 10.8 Å². The van der Waals surface area contributed by atoms with Crippen molar-refractivity contribution in [2.75, 3.05) is 0 Å². The molecule has 0 aromatic carbocycles. The van der Waals surface area contributed by atoms with Crippen molar-refractivity contribution in [2.45, 2.75) is 90.1 Å². The monoisotopic (exact) mass is 392 g/mol. The van der Waals surface area contributed by atoms with E-state index in [-0.39, 0.29) is 0 Å². The van der Waals surface area contributed by atoms with E-state index in [1.165, 1.54) is 11.6 Å². The first-order valence-corrected chi connectivity index (χ1v) is 23.7. The zero-order valence-electron chi connectivity index (χ0n) is 18.4. The number of hydrogen-bond acceptors (Lipinski definition) is 0. The van der Waals surface area contributed by atoms with Crippen LogP contribution in [-0.4, -0.2) is 32.3 Å². The molecule has 0 fully saturated rings. The highest BCUT2D eigenvalue weighted by Gasteiger charge is 2.39. The van der Waals surface area contributed by atoms with Crippen molar-refractivity contribution < 1.29 is 0 Å². The molecule has 136 valence electrons. The van der Waals surface area contributed by atoms with Crippen LogP contribution in [0.1, 0.15) is 0 Å². The van der Waals surface area contributed by atoms with E-state index in [0.29, 0.717) is 5.54 Å². The topological polar surface area (TPSA) is 0 Å². The van der Waals surface area contributed by atoms with Crippen LogP contribution < -0.4 is 0 Å². The maximum absolute atomic E-state index is 3.77. The fraction of sp³-hybridized carbons (Fsp3) is 0.700. The quantitative estimate of drug-likeness (QED) is 0.356. The van der Waals surface area contributed by atoms with E-state index in [2.05, 4.69) is 96.1 Å². The third-order valence-electron chi connectivity index (χ3n) is 4.31. The molecule has 0 saturated heterocycles. The minimum Gasteiger partial charge on any atom is -0.127 e. The molecule has 0 amide bonds. The first-order chi connectivity index (χ1) is 10.4. The molecule has 0 bridgehead atoms. The Kier molecular flexibility index (Phi) is 6.31. The molecule has 0 aromatic rings. The van der Waals surface area contributed by atoms with Gasteiger partial charge in [0.1, 0.15) is 8.07 Å².